The highest BCUT2D eigenvalue weighted by Crippen LogP contribution is 2.24. The molecule has 1 N–H and O–H groups in total. The fourth-order valence-electron chi connectivity index (χ4n) is 3.50. The van der Waals surface area contributed by atoms with Crippen molar-refractivity contribution in [1.29, 1.82) is 0 Å². The molecule has 1 aliphatic rings. The molecular formula is C21H24N6O3S. The van der Waals surface area contributed by atoms with E-state index in [0.29, 0.717) is 43.4 Å². The molecule has 10 heteroatoms. The second-order valence-electron chi connectivity index (χ2n) is 7.25. The van der Waals surface area contributed by atoms with Gasteiger partial charge in [-0.25, -0.2) is 9.78 Å². The topological polar surface area (TPSA) is 102 Å². The number of hydrogen-bond donors (Lipinski definition) is 1. The van der Waals surface area contributed by atoms with E-state index in [1.165, 1.54) is 11.3 Å². The molecule has 0 saturated carbocycles. The van der Waals surface area contributed by atoms with Gasteiger partial charge in [-0.3, -0.25) is 4.79 Å². The fraction of sp³-hybridized carbons (Fsp3) is 0.381. The SMILES string of the molecule is CCOC(=O)N1CCC(NC(=O)c2nnn(-c3nc(-c4ccccc4)cs3)c2C)CC1. The van der Waals surface area contributed by atoms with Crippen LogP contribution in [0, 0.1) is 6.92 Å². The van der Waals surface area contributed by atoms with Crippen LogP contribution in [-0.4, -0.2) is 62.6 Å². The number of carbonyl (C=O) groups is 2. The summed E-state index contributed by atoms with van der Waals surface area (Å²) in [6, 6.07) is 9.87. The largest absolute Gasteiger partial charge is 0.450 e. The van der Waals surface area contributed by atoms with Crippen molar-refractivity contribution in [3.05, 3.63) is 47.1 Å². The normalized spacial score (nSPS) is 14.5. The van der Waals surface area contributed by atoms with Gasteiger partial charge in [-0.05, 0) is 26.7 Å². The Morgan fingerprint density at radius 2 is 1.97 bits per heavy atom. The molecule has 0 unspecified atom stereocenters. The van der Waals surface area contributed by atoms with E-state index < -0.39 is 0 Å². The first-order chi connectivity index (χ1) is 15.1. The van der Waals surface area contributed by atoms with E-state index >= 15 is 0 Å². The molecule has 2 amide bonds. The highest BCUT2D eigenvalue weighted by atomic mass is 32.1. The molecule has 0 radical (unpaired) electrons. The Morgan fingerprint density at radius 3 is 2.68 bits per heavy atom. The van der Waals surface area contributed by atoms with E-state index in [-0.39, 0.29) is 23.7 Å². The predicted molar refractivity (Wildman–Crippen MR) is 116 cm³/mol. The molecule has 162 valence electrons. The number of likely N-dealkylation sites (tertiary alicyclic amines) is 1. The molecule has 0 aliphatic carbocycles. The second-order valence-corrected chi connectivity index (χ2v) is 8.09. The average molecular weight is 441 g/mol. The van der Waals surface area contributed by atoms with Crippen molar-refractivity contribution in [2.24, 2.45) is 0 Å². The Balaban J connectivity index is 1.40. The molecule has 2 aromatic heterocycles. The van der Waals surface area contributed by atoms with Crippen LogP contribution in [0.15, 0.2) is 35.7 Å². The molecule has 3 aromatic rings. The number of amides is 2. The Labute approximate surface area is 184 Å². The van der Waals surface area contributed by atoms with Crippen LogP contribution in [0.1, 0.15) is 35.9 Å². The van der Waals surface area contributed by atoms with Crippen molar-refractivity contribution >= 4 is 23.3 Å². The van der Waals surface area contributed by atoms with Gasteiger partial charge in [0.15, 0.2) is 5.69 Å². The number of benzene rings is 1. The number of thiazole rings is 1. The van der Waals surface area contributed by atoms with Crippen molar-refractivity contribution in [1.82, 2.24) is 30.2 Å². The lowest BCUT2D eigenvalue weighted by Gasteiger charge is -2.31. The number of ether oxygens (including phenoxy) is 1. The van der Waals surface area contributed by atoms with Gasteiger partial charge in [-0.1, -0.05) is 35.5 Å². The molecule has 1 saturated heterocycles. The van der Waals surface area contributed by atoms with E-state index in [0.717, 1.165) is 11.3 Å². The maximum Gasteiger partial charge on any atom is 0.409 e. The van der Waals surface area contributed by atoms with Crippen LogP contribution in [-0.2, 0) is 4.74 Å². The van der Waals surface area contributed by atoms with E-state index in [9.17, 15) is 9.59 Å². The van der Waals surface area contributed by atoms with Crippen LogP contribution in [0.3, 0.4) is 0 Å². The smallest absolute Gasteiger partial charge is 0.409 e. The van der Waals surface area contributed by atoms with Gasteiger partial charge in [0.05, 0.1) is 18.0 Å². The van der Waals surface area contributed by atoms with Crippen LogP contribution in [0.4, 0.5) is 4.79 Å². The zero-order valence-corrected chi connectivity index (χ0v) is 18.3. The van der Waals surface area contributed by atoms with Crippen LogP contribution < -0.4 is 5.32 Å². The Morgan fingerprint density at radius 1 is 1.23 bits per heavy atom. The van der Waals surface area contributed by atoms with Gasteiger partial charge in [0.25, 0.3) is 5.91 Å². The quantitative estimate of drug-likeness (QED) is 0.654. The van der Waals surface area contributed by atoms with Crippen molar-refractivity contribution in [3.8, 4) is 16.4 Å². The molecule has 1 aromatic carbocycles. The minimum atomic E-state index is -0.301. The van der Waals surface area contributed by atoms with Gasteiger partial charge in [-0.15, -0.1) is 16.4 Å². The molecule has 0 atom stereocenters. The Kier molecular flexibility index (Phi) is 6.26. The van der Waals surface area contributed by atoms with Gasteiger partial charge >= 0.3 is 6.09 Å². The van der Waals surface area contributed by atoms with Gasteiger partial charge in [-0.2, -0.15) is 4.68 Å². The summed E-state index contributed by atoms with van der Waals surface area (Å²) in [6.07, 6.45) is 1.04. The maximum atomic E-state index is 12.8. The van der Waals surface area contributed by atoms with Crippen LogP contribution >= 0.6 is 11.3 Å². The molecule has 1 fully saturated rings. The fourth-order valence-corrected chi connectivity index (χ4v) is 4.33. The summed E-state index contributed by atoms with van der Waals surface area (Å²) in [5.74, 6) is -0.266. The monoisotopic (exact) mass is 440 g/mol. The molecule has 3 heterocycles. The minimum absolute atomic E-state index is 0.0210. The number of carbonyl (C=O) groups excluding carboxylic acids is 2. The first kappa shape index (κ1) is 21.0. The summed E-state index contributed by atoms with van der Waals surface area (Å²) in [4.78, 5) is 30.9. The number of nitrogens with one attached hydrogen (secondary N) is 1. The molecule has 0 bridgehead atoms. The van der Waals surface area contributed by atoms with Crippen LogP contribution in [0.2, 0.25) is 0 Å². The van der Waals surface area contributed by atoms with Crippen molar-refractivity contribution in [2.45, 2.75) is 32.7 Å². The van der Waals surface area contributed by atoms with Crippen molar-refractivity contribution in [2.75, 3.05) is 19.7 Å². The zero-order valence-electron chi connectivity index (χ0n) is 17.4. The second kappa shape index (κ2) is 9.25. The van der Waals surface area contributed by atoms with Crippen molar-refractivity contribution < 1.29 is 14.3 Å². The first-order valence-corrected chi connectivity index (χ1v) is 11.1. The third-order valence-corrected chi connectivity index (χ3v) is 6.02. The molecule has 31 heavy (non-hydrogen) atoms. The predicted octanol–water partition coefficient (Wildman–Crippen LogP) is 3.05. The maximum absolute atomic E-state index is 12.8. The third-order valence-electron chi connectivity index (χ3n) is 5.21. The highest BCUT2D eigenvalue weighted by molar-refractivity contribution is 7.12. The standard InChI is InChI=1S/C21H24N6O3S/c1-3-30-21(29)26-11-9-16(10-12-26)22-19(28)18-14(2)27(25-24-18)20-23-17(13-31-20)15-7-5-4-6-8-15/h4-8,13,16H,3,9-12H2,1-2H3,(H,22,28). The summed E-state index contributed by atoms with van der Waals surface area (Å²) >= 11 is 1.45. The van der Waals surface area contributed by atoms with Crippen LogP contribution in [0.25, 0.3) is 16.4 Å². The lowest BCUT2D eigenvalue weighted by Crippen LogP contribution is -2.46. The number of piperidine rings is 1. The van der Waals surface area contributed by atoms with Gasteiger partial charge < -0.3 is 15.0 Å². The highest BCUT2D eigenvalue weighted by Gasteiger charge is 2.27. The van der Waals surface area contributed by atoms with E-state index in [2.05, 4.69) is 20.6 Å². The van der Waals surface area contributed by atoms with Gasteiger partial charge in [0.1, 0.15) is 0 Å². The van der Waals surface area contributed by atoms with Crippen LogP contribution in [0.5, 0.6) is 0 Å². The molecular weight excluding hydrogens is 416 g/mol. The summed E-state index contributed by atoms with van der Waals surface area (Å²) in [7, 11) is 0. The average Bonchev–Trinajstić information content (AvgIpc) is 3.42. The summed E-state index contributed by atoms with van der Waals surface area (Å²) in [6.45, 7) is 5.06. The Hall–Kier alpha value is -3.27. The molecule has 9 nitrogen and oxygen atoms in total. The molecule has 1 aliphatic heterocycles. The zero-order chi connectivity index (χ0) is 21.8. The third kappa shape index (κ3) is 4.58. The van der Waals surface area contributed by atoms with E-state index in [1.54, 1.807) is 16.5 Å². The Bertz CT molecular complexity index is 1060. The van der Waals surface area contributed by atoms with E-state index in [4.69, 9.17) is 4.74 Å². The molecule has 0 spiro atoms. The lowest BCUT2D eigenvalue weighted by atomic mass is 10.1. The first-order valence-electron chi connectivity index (χ1n) is 10.2. The van der Waals surface area contributed by atoms with E-state index in [1.807, 2.05) is 42.6 Å². The minimum Gasteiger partial charge on any atom is -0.450 e. The van der Waals surface area contributed by atoms with Gasteiger partial charge in [0, 0.05) is 30.1 Å². The van der Waals surface area contributed by atoms with Crippen molar-refractivity contribution in [3.63, 3.8) is 0 Å². The number of aromatic nitrogens is 4. The number of nitrogens with zero attached hydrogens (tertiary/aromatic N) is 5. The van der Waals surface area contributed by atoms with Gasteiger partial charge in [0.2, 0.25) is 5.13 Å². The lowest BCUT2D eigenvalue weighted by molar-refractivity contribution is 0.0856. The number of rotatable bonds is 5. The summed E-state index contributed by atoms with van der Waals surface area (Å²) in [5, 5.41) is 13.9. The summed E-state index contributed by atoms with van der Waals surface area (Å²) in [5.41, 5.74) is 2.80. The number of hydrogen-bond acceptors (Lipinski definition) is 7. The summed E-state index contributed by atoms with van der Waals surface area (Å²) < 4.78 is 6.62. The molecule has 4 rings (SSSR count).